The molecule has 3 aromatic rings. The van der Waals surface area contributed by atoms with Crippen LogP contribution in [0.5, 0.6) is 0 Å². The number of thiophene rings is 1. The van der Waals surface area contributed by atoms with E-state index in [1.807, 2.05) is 5.38 Å². The zero-order valence-corrected chi connectivity index (χ0v) is 18.1. The lowest BCUT2D eigenvalue weighted by Gasteiger charge is -2.15. The summed E-state index contributed by atoms with van der Waals surface area (Å²) in [5, 5.41) is 8.76. The van der Waals surface area contributed by atoms with Crippen molar-refractivity contribution in [3.05, 3.63) is 51.6 Å². The van der Waals surface area contributed by atoms with Gasteiger partial charge in [-0.25, -0.2) is 4.98 Å². The number of carbonyl (C=O) groups is 2. The van der Waals surface area contributed by atoms with Crippen LogP contribution in [-0.2, 0) is 11.8 Å². The third-order valence-electron chi connectivity index (χ3n) is 5.13. The average molecular weight is 443 g/mol. The van der Waals surface area contributed by atoms with Crippen LogP contribution in [0.2, 0.25) is 0 Å². The molecule has 0 atom stereocenters. The number of nitrogens with one attached hydrogen (secondary N) is 2. The Hall–Kier alpha value is -2.65. The second kappa shape index (κ2) is 9.01. The number of carbonyl (C=O) groups excluding carboxylic acids is 2. The second-order valence-corrected chi connectivity index (χ2v) is 9.07. The van der Waals surface area contributed by atoms with Gasteiger partial charge in [0.1, 0.15) is 4.83 Å². The van der Waals surface area contributed by atoms with Crippen molar-refractivity contribution in [1.82, 2.24) is 14.9 Å². The van der Waals surface area contributed by atoms with Gasteiger partial charge in [0.2, 0.25) is 5.91 Å². The van der Waals surface area contributed by atoms with Crippen LogP contribution >= 0.6 is 23.1 Å². The molecule has 2 N–H and O–H groups in total. The number of thioether (sulfide) groups is 1. The van der Waals surface area contributed by atoms with E-state index in [0.717, 1.165) is 25.7 Å². The van der Waals surface area contributed by atoms with Crippen molar-refractivity contribution in [2.24, 2.45) is 7.05 Å². The fourth-order valence-electron chi connectivity index (χ4n) is 3.55. The maximum absolute atomic E-state index is 12.6. The first kappa shape index (κ1) is 20.6. The highest BCUT2D eigenvalue weighted by Gasteiger charge is 2.20. The van der Waals surface area contributed by atoms with Crippen LogP contribution in [0.25, 0.3) is 10.2 Å². The highest BCUT2D eigenvalue weighted by Crippen LogP contribution is 2.22. The summed E-state index contributed by atoms with van der Waals surface area (Å²) < 4.78 is 1.45. The number of rotatable bonds is 6. The first-order valence-electron chi connectivity index (χ1n) is 9.79. The summed E-state index contributed by atoms with van der Waals surface area (Å²) in [6.45, 7) is 0. The minimum atomic E-state index is -0.262. The molecule has 4 rings (SSSR count). The number of hydrogen-bond acceptors (Lipinski definition) is 6. The number of fused-ring (bicyclic) bond motifs is 1. The first-order chi connectivity index (χ1) is 14.5. The number of hydrogen-bond donors (Lipinski definition) is 2. The second-order valence-electron chi connectivity index (χ2n) is 7.24. The Balaban J connectivity index is 1.43. The lowest BCUT2D eigenvalue weighted by atomic mass is 10.1. The van der Waals surface area contributed by atoms with Gasteiger partial charge in [-0.3, -0.25) is 19.0 Å². The highest BCUT2D eigenvalue weighted by atomic mass is 32.2. The van der Waals surface area contributed by atoms with Gasteiger partial charge < -0.3 is 10.6 Å². The van der Waals surface area contributed by atoms with Crippen molar-refractivity contribution < 1.29 is 9.59 Å². The topological polar surface area (TPSA) is 93.1 Å². The Kier molecular flexibility index (Phi) is 6.19. The lowest BCUT2D eigenvalue weighted by Crippen LogP contribution is -2.33. The molecule has 156 valence electrons. The number of amides is 2. The van der Waals surface area contributed by atoms with E-state index in [9.17, 15) is 14.4 Å². The normalized spacial score (nSPS) is 14.2. The summed E-state index contributed by atoms with van der Waals surface area (Å²) in [6.07, 6.45) is 4.26. The van der Waals surface area contributed by atoms with Crippen molar-refractivity contribution >= 4 is 50.8 Å². The third kappa shape index (κ3) is 4.41. The molecule has 1 aromatic carbocycles. The van der Waals surface area contributed by atoms with Gasteiger partial charge in [-0.05, 0) is 36.4 Å². The van der Waals surface area contributed by atoms with Gasteiger partial charge in [-0.15, -0.1) is 11.3 Å². The Morgan fingerprint density at radius 1 is 1.23 bits per heavy atom. The van der Waals surface area contributed by atoms with Crippen LogP contribution < -0.4 is 16.2 Å². The van der Waals surface area contributed by atoms with Crippen LogP contribution in [0.3, 0.4) is 0 Å². The SMILES string of the molecule is Cn1c(SCC(=O)Nc2ccccc2C(=O)NC2CCCC2)nc2sccc2c1=O. The predicted octanol–water partition coefficient (Wildman–Crippen LogP) is 3.40. The van der Waals surface area contributed by atoms with E-state index in [-0.39, 0.29) is 29.2 Å². The van der Waals surface area contributed by atoms with Crippen molar-refractivity contribution in [3.8, 4) is 0 Å². The summed E-state index contributed by atoms with van der Waals surface area (Å²) in [5.74, 6) is -0.352. The molecule has 2 amide bonds. The summed E-state index contributed by atoms with van der Waals surface area (Å²) in [7, 11) is 1.65. The van der Waals surface area contributed by atoms with E-state index < -0.39 is 0 Å². The molecule has 1 aliphatic rings. The van der Waals surface area contributed by atoms with Crippen molar-refractivity contribution in [1.29, 1.82) is 0 Å². The standard InChI is InChI=1S/C21H22N4O3S2/c1-25-20(28)15-10-11-29-19(15)24-21(25)30-12-17(26)23-16-9-5-4-8-14(16)18(27)22-13-6-2-3-7-13/h4-5,8-11,13H,2-3,6-7,12H2,1H3,(H,22,27)(H,23,26). The van der Waals surface area contributed by atoms with Gasteiger partial charge in [0, 0.05) is 13.1 Å². The lowest BCUT2D eigenvalue weighted by molar-refractivity contribution is -0.113. The molecule has 7 nitrogen and oxygen atoms in total. The number of benzene rings is 1. The van der Waals surface area contributed by atoms with Gasteiger partial charge in [0.15, 0.2) is 5.16 Å². The van der Waals surface area contributed by atoms with Gasteiger partial charge in [0.25, 0.3) is 11.5 Å². The fourth-order valence-corrected chi connectivity index (χ4v) is 5.13. The molecule has 9 heteroatoms. The Morgan fingerprint density at radius 3 is 2.80 bits per heavy atom. The molecule has 0 radical (unpaired) electrons. The van der Waals surface area contributed by atoms with Gasteiger partial charge in [-0.1, -0.05) is 36.7 Å². The van der Waals surface area contributed by atoms with Crippen LogP contribution in [0.1, 0.15) is 36.0 Å². The minimum Gasteiger partial charge on any atom is -0.349 e. The zero-order chi connectivity index (χ0) is 21.1. The summed E-state index contributed by atoms with van der Waals surface area (Å²) >= 11 is 2.59. The van der Waals surface area contributed by atoms with Crippen LogP contribution in [0.4, 0.5) is 5.69 Å². The summed E-state index contributed by atoms with van der Waals surface area (Å²) in [6, 6.07) is 8.95. The molecule has 2 aromatic heterocycles. The van der Waals surface area contributed by atoms with Gasteiger partial charge >= 0.3 is 0 Å². The highest BCUT2D eigenvalue weighted by molar-refractivity contribution is 7.99. The maximum Gasteiger partial charge on any atom is 0.262 e. The number of aromatic nitrogens is 2. The zero-order valence-electron chi connectivity index (χ0n) is 16.5. The Labute approximate surface area is 181 Å². The van der Waals surface area contributed by atoms with E-state index in [2.05, 4.69) is 15.6 Å². The van der Waals surface area contributed by atoms with Crippen LogP contribution in [0, 0.1) is 0 Å². The van der Waals surface area contributed by atoms with Crippen molar-refractivity contribution in [2.75, 3.05) is 11.1 Å². The smallest absolute Gasteiger partial charge is 0.262 e. The molecule has 0 bridgehead atoms. The van der Waals surface area contributed by atoms with Gasteiger partial charge in [-0.2, -0.15) is 0 Å². The predicted molar refractivity (Wildman–Crippen MR) is 120 cm³/mol. The first-order valence-corrected chi connectivity index (χ1v) is 11.7. The molecule has 1 aliphatic carbocycles. The fraction of sp³-hybridized carbons (Fsp3) is 0.333. The molecule has 30 heavy (non-hydrogen) atoms. The van der Waals surface area contributed by atoms with E-state index in [1.54, 1.807) is 37.4 Å². The van der Waals surface area contributed by atoms with E-state index >= 15 is 0 Å². The van der Waals surface area contributed by atoms with E-state index in [4.69, 9.17) is 0 Å². The molecule has 0 saturated heterocycles. The van der Waals surface area contributed by atoms with E-state index in [0.29, 0.717) is 26.6 Å². The van der Waals surface area contributed by atoms with Gasteiger partial charge in [0.05, 0.1) is 22.4 Å². The largest absolute Gasteiger partial charge is 0.349 e. The Morgan fingerprint density at radius 2 is 2.00 bits per heavy atom. The summed E-state index contributed by atoms with van der Waals surface area (Å²) in [5.41, 5.74) is 0.806. The molecule has 0 unspecified atom stereocenters. The molecule has 1 saturated carbocycles. The van der Waals surface area contributed by atoms with Crippen LogP contribution in [-0.4, -0.2) is 33.2 Å². The van der Waals surface area contributed by atoms with E-state index in [1.165, 1.54) is 27.7 Å². The molecular weight excluding hydrogens is 420 g/mol. The summed E-state index contributed by atoms with van der Waals surface area (Å²) in [4.78, 5) is 42.7. The number of para-hydroxylation sites is 1. The maximum atomic E-state index is 12.6. The Bertz CT molecular complexity index is 1150. The monoisotopic (exact) mass is 442 g/mol. The number of anilines is 1. The van der Waals surface area contributed by atoms with Crippen molar-refractivity contribution in [2.45, 2.75) is 36.9 Å². The quantitative estimate of drug-likeness (QED) is 0.451. The van der Waals surface area contributed by atoms with Crippen molar-refractivity contribution in [3.63, 3.8) is 0 Å². The third-order valence-corrected chi connectivity index (χ3v) is 6.97. The average Bonchev–Trinajstić information content (AvgIpc) is 3.42. The molecule has 1 fully saturated rings. The molecular formula is C21H22N4O3S2. The molecule has 0 spiro atoms. The van der Waals surface area contributed by atoms with Crippen LogP contribution in [0.15, 0.2) is 45.7 Å². The molecule has 2 heterocycles. The molecule has 0 aliphatic heterocycles. The minimum absolute atomic E-state index is 0.0791. The number of nitrogens with zero attached hydrogens (tertiary/aromatic N) is 2.